The van der Waals surface area contributed by atoms with Crippen LogP contribution in [0, 0.1) is 0 Å². The molecule has 0 bridgehead atoms. The molecule has 0 saturated carbocycles. The first-order valence-corrected chi connectivity index (χ1v) is 9.95. The van der Waals surface area contributed by atoms with Crippen molar-refractivity contribution in [1.29, 1.82) is 0 Å². The Morgan fingerprint density at radius 3 is 2.42 bits per heavy atom. The first-order chi connectivity index (χ1) is 12.4. The number of halogens is 2. The van der Waals surface area contributed by atoms with Crippen LogP contribution in [0.1, 0.15) is 19.4 Å². The van der Waals surface area contributed by atoms with Gasteiger partial charge in [-0.3, -0.25) is 9.59 Å². The maximum atomic E-state index is 12.3. The van der Waals surface area contributed by atoms with Gasteiger partial charge in [0.05, 0.1) is 21.7 Å². The van der Waals surface area contributed by atoms with Crippen molar-refractivity contribution in [2.75, 3.05) is 16.4 Å². The largest absolute Gasteiger partial charge is 0.325 e. The highest BCUT2D eigenvalue weighted by molar-refractivity contribution is 8.01. The molecule has 1 unspecified atom stereocenters. The van der Waals surface area contributed by atoms with E-state index in [2.05, 4.69) is 17.6 Å². The van der Waals surface area contributed by atoms with Crippen LogP contribution in [0.4, 0.5) is 11.4 Å². The minimum absolute atomic E-state index is 0.153. The SMILES string of the molecule is CCc1ccc(NC(=O)CSC(C)C(=O)Nc2cc(Cl)ccc2Cl)cc1. The fourth-order valence-electron chi connectivity index (χ4n) is 2.12. The van der Waals surface area contributed by atoms with Gasteiger partial charge in [0.15, 0.2) is 0 Å². The predicted octanol–water partition coefficient (Wildman–Crippen LogP) is 5.25. The van der Waals surface area contributed by atoms with Gasteiger partial charge >= 0.3 is 0 Å². The standard InChI is InChI=1S/C19H20Cl2N2O2S/c1-3-13-4-7-15(8-5-13)22-18(24)11-26-12(2)19(25)23-17-10-14(20)6-9-16(17)21/h4-10,12H,3,11H2,1-2H3,(H,22,24)(H,23,25). The number of anilines is 2. The smallest absolute Gasteiger partial charge is 0.237 e. The summed E-state index contributed by atoms with van der Waals surface area (Å²) in [6.07, 6.45) is 0.952. The zero-order chi connectivity index (χ0) is 19.1. The number of nitrogens with one attached hydrogen (secondary N) is 2. The Morgan fingerprint density at radius 2 is 1.77 bits per heavy atom. The van der Waals surface area contributed by atoms with Crippen LogP contribution in [0.5, 0.6) is 0 Å². The second-order valence-corrected chi connectivity index (χ2v) is 7.84. The zero-order valence-electron chi connectivity index (χ0n) is 14.5. The molecule has 0 heterocycles. The molecule has 0 saturated heterocycles. The Balaban J connectivity index is 1.82. The number of hydrogen-bond donors (Lipinski definition) is 2. The van der Waals surface area contributed by atoms with Gasteiger partial charge in [0.2, 0.25) is 11.8 Å². The molecular weight excluding hydrogens is 391 g/mol. The Kier molecular flexibility index (Phi) is 7.82. The summed E-state index contributed by atoms with van der Waals surface area (Å²) in [7, 11) is 0. The molecule has 0 radical (unpaired) electrons. The number of rotatable bonds is 7. The quantitative estimate of drug-likeness (QED) is 0.654. The van der Waals surface area contributed by atoms with Crippen molar-refractivity contribution < 1.29 is 9.59 Å². The number of carbonyl (C=O) groups excluding carboxylic acids is 2. The van der Waals surface area contributed by atoms with Crippen LogP contribution in [0.25, 0.3) is 0 Å². The molecule has 0 aliphatic rings. The Bertz CT molecular complexity index is 782. The van der Waals surface area contributed by atoms with E-state index in [4.69, 9.17) is 23.2 Å². The van der Waals surface area contributed by atoms with Crippen LogP contribution in [0.2, 0.25) is 10.0 Å². The third kappa shape index (κ3) is 6.24. The highest BCUT2D eigenvalue weighted by Gasteiger charge is 2.16. The van der Waals surface area contributed by atoms with E-state index in [-0.39, 0.29) is 17.6 Å². The summed E-state index contributed by atoms with van der Waals surface area (Å²) < 4.78 is 0. The lowest BCUT2D eigenvalue weighted by Crippen LogP contribution is -2.25. The number of aryl methyl sites for hydroxylation is 1. The molecule has 26 heavy (non-hydrogen) atoms. The number of benzene rings is 2. The Morgan fingerprint density at radius 1 is 1.08 bits per heavy atom. The van der Waals surface area contributed by atoms with Crippen LogP contribution in [-0.4, -0.2) is 22.8 Å². The van der Waals surface area contributed by atoms with E-state index in [1.807, 2.05) is 24.3 Å². The average Bonchev–Trinajstić information content (AvgIpc) is 2.63. The molecule has 7 heteroatoms. The normalized spacial score (nSPS) is 11.7. The molecule has 4 nitrogen and oxygen atoms in total. The molecule has 138 valence electrons. The lowest BCUT2D eigenvalue weighted by Gasteiger charge is -2.13. The van der Waals surface area contributed by atoms with Gasteiger partial charge in [-0.15, -0.1) is 11.8 Å². The van der Waals surface area contributed by atoms with Gasteiger partial charge in [-0.05, 0) is 49.2 Å². The Hall–Kier alpha value is -1.69. The minimum atomic E-state index is -0.418. The van der Waals surface area contributed by atoms with Crippen molar-refractivity contribution in [2.24, 2.45) is 0 Å². The second-order valence-electron chi connectivity index (χ2n) is 5.67. The lowest BCUT2D eigenvalue weighted by atomic mass is 10.1. The number of hydrogen-bond acceptors (Lipinski definition) is 3. The first-order valence-electron chi connectivity index (χ1n) is 8.15. The highest BCUT2D eigenvalue weighted by atomic mass is 35.5. The molecule has 2 N–H and O–H groups in total. The van der Waals surface area contributed by atoms with Gasteiger partial charge in [0, 0.05) is 10.7 Å². The highest BCUT2D eigenvalue weighted by Crippen LogP contribution is 2.26. The van der Waals surface area contributed by atoms with Gasteiger partial charge in [0.25, 0.3) is 0 Å². The number of amides is 2. The molecule has 0 spiro atoms. The van der Waals surface area contributed by atoms with Crippen molar-refractivity contribution in [3.63, 3.8) is 0 Å². The Labute approximate surface area is 167 Å². The summed E-state index contributed by atoms with van der Waals surface area (Å²) in [5.41, 5.74) is 2.41. The van der Waals surface area contributed by atoms with Gasteiger partial charge in [0.1, 0.15) is 0 Å². The van der Waals surface area contributed by atoms with Crippen molar-refractivity contribution in [1.82, 2.24) is 0 Å². The van der Waals surface area contributed by atoms with E-state index in [0.717, 1.165) is 12.1 Å². The number of carbonyl (C=O) groups is 2. The third-order valence-electron chi connectivity index (χ3n) is 3.67. The van der Waals surface area contributed by atoms with Gasteiger partial charge in [-0.1, -0.05) is 42.3 Å². The number of thioether (sulfide) groups is 1. The first kappa shape index (κ1) is 20.6. The fraction of sp³-hybridized carbons (Fsp3) is 0.263. The predicted molar refractivity (Wildman–Crippen MR) is 111 cm³/mol. The third-order valence-corrected chi connectivity index (χ3v) is 5.37. The molecule has 0 aliphatic heterocycles. The van der Waals surface area contributed by atoms with Crippen LogP contribution in [0.15, 0.2) is 42.5 Å². The molecule has 1 atom stereocenters. The molecule has 0 aromatic heterocycles. The second kappa shape index (κ2) is 9.86. The minimum Gasteiger partial charge on any atom is -0.325 e. The summed E-state index contributed by atoms with van der Waals surface area (Å²) in [6, 6.07) is 12.6. The van der Waals surface area contributed by atoms with Gasteiger partial charge in [-0.25, -0.2) is 0 Å². The lowest BCUT2D eigenvalue weighted by molar-refractivity contribution is -0.115. The maximum absolute atomic E-state index is 12.3. The van der Waals surface area contributed by atoms with Crippen molar-refractivity contribution >= 4 is 58.2 Å². The molecule has 0 fully saturated rings. The summed E-state index contributed by atoms with van der Waals surface area (Å²) in [5, 5.41) is 6.03. The van der Waals surface area contributed by atoms with Gasteiger partial charge in [-0.2, -0.15) is 0 Å². The van der Waals surface area contributed by atoms with Gasteiger partial charge < -0.3 is 10.6 Å². The monoisotopic (exact) mass is 410 g/mol. The zero-order valence-corrected chi connectivity index (χ0v) is 16.8. The van der Waals surface area contributed by atoms with E-state index in [1.165, 1.54) is 17.3 Å². The molecule has 2 aromatic rings. The van der Waals surface area contributed by atoms with E-state index < -0.39 is 5.25 Å². The van der Waals surface area contributed by atoms with Crippen LogP contribution < -0.4 is 10.6 Å². The van der Waals surface area contributed by atoms with Crippen LogP contribution in [0.3, 0.4) is 0 Å². The molecule has 2 amide bonds. The summed E-state index contributed by atoms with van der Waals surface area (Å²) in [5.74, 6) is -0.216. The van der Waals surface area contributed by atoms with E-state index in [9.17, 15) is 9.59 Å². The average molecular weight is 411 g/mol. The summed E-state index contributed by atoms with van der Waals surface area (Å²) in [6.45, 7) is 3.81. The molecular formula is C19H20Cl2N2O2S. The van der Waals surface area contributed by atoms with E-state index in [1.54, 1.807) is 25.1 Å². The van der Waals surface area contributed by atoms with E-state index >= 15 is 0 Å². The van der Waals surface area contributed by atoms with Crippen molar-refractivity contribution in [3.05, 3.63) is 58.1 Å². The topological polar surface area (TPSA) is 58.2 Å². The van der Waals surface area contributed by atoms with Crippen molar-refractivity contribution in [2.45, 2.75) is 25.5 Å². The molecule has 0 aliphatic carbocycles. The van der Waals surface area contributed by atoms with E-state index in [0.29, 0.717) is 15.7 Å². The summed E-state index contributed by atoms with van der Waals surface area (Å²) in [4.78, 5) is 24.3. The maximum Gasteiger partial charge on any atom is 0.237 e. The van der Waals surface area contributed by atoms with Crippen molar-refractivity contribution in [3.8, 4) is 0 Å². The summed E-state index contributed by atoms with van der Waals surface area (Å²) >= 11 is 13.2. The van der Waals surface area contributed by atoms with Crippen LogP contribution >= 0.6 is 35.0 Å². The molecule has 2 rings (SSSR count). The van der Waals surface area contributed by atoms with Crippen LogP contribution in [-0.2, 0) is 16.0 Å². The molecule has 2 aromatic carbocycles. The fourth-order valence-corrected chi connectivity index (χ4v) is 3.15.